The molecule has 6 heteroatoms. The molecule has 0 saturated carbocycles. The van der Waals surface area contributed by atoms with Crippen molar-refractivity contribution in [1.29, 1.82) is 0 Å². The topological polar surface area (TPSA) is 72.7 Å². The van der Waals surface area contributed by atoms with Crippen molar-refractivity contribution in [3.8, 4) is 0 Å². The van der Waals surface area contributed by atoms with Crippen molar-refractivity contribution < 1.29 is 14.5 Å². The van der Waals surface area contributed by atoms with Gasteiger partial charge in [-0.2, -0.15) is 0 Å². The SMILES string of the molecule is COC(=O)[C@]12CCCN1[C@@H](c1ccccc1)[C@@](C)([N+](=O)[O-])[C@@H]2c1ccccc1. The van der Waals surface area contributed by atoms with Crippen LogP contribution in [0.1, 0.15) is 42.9 Å². The zero-order valence-corrected chi connectivity index (χ0v) is 16.1. The summed E-state index contributed by atoms with van der Waals surface area (Å²) >= 11 is 0. The Balaban J connectivity index is 2.02. The standard InChI is InChI=1S/C22H24N2O4/c1-21(24(26)27)18(16-10-5-3-6-11-16)22(20(25)28-2)14-9-15-23(22)19(21)17-12-7-4-8-13-17/h3-8,10-13,18-19H,9,14-15H2,1-2H3/t18-,19-,21-,22+/m0/s1. The predicted molar refractivity (Wildman–Crippen MR) is 104 cm³/mol. The maximum Gasteiger partial charge on any atom is 0.327 e. The summed E-state index contributed by atoms with van der Waals surface area (Å²) in [5, 5.41) is 12.6. The van der Waals surface area contributed by atoms with Gasteiger partial charge in [-0.05, 0) is 24.0 Å². The molecule has 0 N–H and O–H groups in total. The summed E-state index contributed by atoms with van der Waals surface area (Å²) in [5.74, 6) is -0.998. The van der Waals surface area contributed by atoms with Gasteiger partial charge >= 0.3 is 5.97 Å². The lowest BCUT2D eigenvalue weighted by molar-refractivity contribution is -0.573. The molecule has 146 valence electrons. The highest BCUT2D eigenvalue weighted by molar-refractivity contribution is 5.84. The fourth-order valence-corrected chi connectivity index (χ4v) is 5.62. The van der Waals surface area contributed by atoms with Gasteiger partial charge in [-0.3, -0.25) is 19.8 Å². The van der Waals surface area contributed by atoms with Gasteiger partial charge in [0.25, 0.3) is 0 Å². The molecule has 2 aliphatic heterocycles. The van der Waals surface area contributed by atoms with Crippen LogP contribution in [0.2, 0.25) is 0 Å². The number of methoxy groups -OCH3 is 1. The average molecular weight is 380 g/mol. The number of carbonyl (C=O) groups excluding carboxylic acids is 1. The Morgan fingerprint density at radius 3 is 2.21 bits per heavy atom. The molecule has 28 heavy (non-hydrogen) atoms. The highest BCUT2D eigenvalue weighted by Crippen LogP contribution is 2.62. The van der Waals surface area contributed by atoms with Crippen LogP contribution in [0.3, 0.4) is 0 Å². The number of hydrogen-bond acceptors (Lipinski definition) is 5. The lowest BCUT2D eigenvalue weighted by Gasteiger charge is -2.35. The normalized spacial score (nSPS) is 32.1. The smallest absolute Gasteiger partial charge is 0.327 e. The van der Waals surface area contributed by atoms with Gasteiger partial charge in [0.2, 0.25) is 5.54 Å². The second kappa shape index (κ2) is 6.71. The third-order valence-electron chi connectivity index (χ3n) is 6.58. The van der Waals surface area contributed by atoms with E-state index in [1.54, 1.807) is 6.92 Å². The van der Waals surface area contributed by atoms with Gasteiger partial charge in [0.05, 0.1) is 13.0 Å². The molecule has 2 aliphatic rings. The van der Waals surface area contributed by atoms with Crippen molar-refractivity contribution >= 4 is 5.97 Å². The number of ether oxygens (including phenoxy) is 1. The lowest BCUT2D eigenvalue weighted by atomic mass is 9.69. The van der Waals surface area contributed by atoms with Crippen LogP contribution < -0.4 is 0 Å². The number of nitrogens with zero attached hydrogens (tertiary/aromatic N) is 2. The first-order valence-corrected chi connectivity index (χ1v) is 9.57. The van der Waals surface area contributed by atoms with E-state index in [4.69, 9.17) is 4.74 Å². The quantitative estimate of drug-likeness (QED) is 0.461. The molecule has 6 nitrogen and oxygen atoms in total. The number of hydrogen-bond donors (Lipinski definition) is 0. The largest absolute Gasteiger partial charge is 0.468 e. The first-order chi connectivity index (χ1) is 13.5. The van der Waals surface area contributed by atoms with Gasteiger partial charge in [0.1, 0.15) is 11.6 Å². The highest BCUT2D eigenvalue weighted by atomic mass is 16.6. The molecule has 0 radical (unpaired) electrons. The van der Waals surface area contributed by atoms with E-state index in [1.807, 2.05) is 65.6 Å². The summed E-state index contributed by atoms with van der Waals surface area (Å²) in [6.45, 7) is 2.31. The Morgan fingerprint density at radius 2 is 1.68 bits per heavy atom. The number of benzene rings is 2. The van der Waals surface area contributed by atoms with Gasteiger partial charge in [-0.1, -0.05) is 60.7 Å². The van der Waals surface area contributed by atoms with Gasteiger partial charge < -0.3 is 4.74 Å². The Morgan fingerprint density at radius 1 is 1.11 bits per heavy atom. The van der Waals surface area contributed by atoms with E-state index in [1.165, 1.54) is 7.11 Å². The Bertz CT molecular complexity index is 888. The van der Waals surface area contributed by atoms with Crippen molar-refractivity contribution in [3.63, 3.8) is 0 Å². The summed E-state index contributed by atoms with van der Waals surface area (Å²) in [4.78, 5) is 27.7. The zero-order chi connectivity index (χ0) is 19.9. The summed E-state index contributed by atoms with van der Waals surface area (Å²) in [6, 6.07) is 18.4. The molecule has 4 atom stereocenters. The van der Waals surface area contributed by atoms with Crippen molar-refractivity contribution in [2.45, 2.75) is 42.8 Å². The minimum Gasteiger partial charge on any atom is -0.468 e. The average Bonchev–Trinajstić information content (AvgIpc) is 3.22. The summed E-state index contributed by atoms with van der Waals surface area (Å²) < 4.78 is 5.24. The molecule has 2 aromatic rings. The van der Waals surface area contributed by atoms with Crippen molar-refractivity contribution in [1.82, 2.24) is 4.90 Å². The minimum absolute atomic E-state index is 0.189. The molecule has 2 fully saturated rings. The highest BCUT2D eigenvalue weighted by Gasteiger charge is 2.76. The van der Waals surface area contributed by atoms with E-state index in [-0.39, 0.29) is 10.9 Å². The van der Waals surface area contributed by atoms with E-state index in [0.29, 0.717) is 13.0 Å². The number of esters is 1. The molecule has 0 aliphatic carbocycles. The van der Waals surface area contributed by atoms with Crippen molar-refractivity contribution in [2.24, 2.45) is 0 Å². The molecule has 2 aromatic carbocycles. The predicted octanol–water partition coefficient (Wildman–Crippen LogP) is 3.57. The molecule has 0 unspecified atom stereocenters. The number of nitro groups is 1. The van der Waals surface area contributed by atoms with Crippen LogP contribution in [0.5, 0.6) is 0 Å². The van der Waals surface area contributed by atoms with E-state index < -0.39 is 23.0 Å². The monoisotopic (exact) mass is 380 g/mol. The third kappa shape index (κ3) is 2.34. The van der Waals surface area contributed by atoms with E-state index in [0.717, 1.165) is 17.5 Å². The van der Waals surface area contributed by atoms with Gasteiger partial charge in [-0.25, -0.2) is 0 Å². The Labute approximate surface area is 164 Å². The summed E-state index contributed by atoms with van der Waals surface area (Å²) in [7, 11) is 1.37. The fraction of sp³-hybridized carbons (Fsp3) is 0.409. The molecule has 0 aromatic heterocycles. The lowest BCUT2D eigenvalue weighted by Crippen LogP contribution is -2.52. The number of fused-ring (bicyclic) bond motifs is 1. The van der Waals surface area contributed by atoms with Crippen molar-refractivity contribution in [2.75, 3.05) is 13.7 Å². The molecule has 4 rings (SSSR count). The number of rotatable bonds is 4. The van der Waals surface area contributed by atoms with E-state index >= 15 is 0 Å². The molecule has 0 spiro atoms. The molecule has 0 bridgehead atoms. The fourth-order valence-electron chi connectivity index (χ4n) is 5.62. The summed E-state index contributed by atoms with van der Waals surface area (Å²) in [6.07, 6.45) is 1.35. The Kier molecular flexibility index (Phi) is 4.46. The van der Waals surface area contributed by atoms with Crippen LogP contribution in [0, 0.1) is 10.1 Å². The molecular formula is C22H24N2O4. The number of carbonyl (C=O) groups is 1. The van der Waals surface area contributed by atoms with Gasteiger partial charge in [-0.15, -0.1) is 0 Å². The molecular weight excluding hydrogens is 356 g/mol. The maximum absolute atomic E-state index is 13.2. The second-order valence-electron chi connectivity index (χ2n) is 7.85. The van der Waals surface area contributed by atoms with Crippen LogP contribution >= 0.6 is 0 Å². The first-order valence-electron chi connectivity index (χ1n) is 9.57. The molecule has 0 amide bonds. The third-order valence-corrected chi connectivity index (χ3v) is 6.58. The zero-order valence-electron chi connectivity index (χ0n) is 16.1. The second-order valence-corrected chi connectivity index (χ2v) is 7.85. The van der Waals surface area contributed by atoms with Gasteiger partial charge in [0, 0.05) is 18.4 Å². The minimum atomic E-state index is -1.38. The van der Waals surface area contributed by atoms with Crippen LogP contribution in [0.15, 0.2) is 60.7 Å². The maximum atomic E-state index is 13.2. The molecule has 2 saturated heterocycles. The van der Waals surface area contributed by atoms with Crippen molar-refractivity contribution in [3.05, 3.63) is 81.9 Å². The summed E-state index contributed by atoms with van der Waals surface area (Å²) in [5.41, 5.74) is -0.761. The van der Waals surface area contributed by atoms with Crippen LogP contribution in [0.4, 0.5) is 0 Å². The molecule has 2 heterocycles. The van der Waals surface area contributed by atoms with Crippen LogP contribution in [-0.4, -0.2) is 40.5 Å². The van der Waals surface area contributed by atoms with Crippen LogP contribution in [-0.2, 0) is 9.53 Å². The van der Waals surface area contributed by atoms with Crippen LogP contribution in [0.25, 0.3) is 0 Å². The van der Waals surface area contributed by atoms with Gasteiger partial charge in [0.15, 0.2) is 0 Å². The first kappa shape index (κ1) is 18.6. The van der Waals surface area contributed by atoms with E-state index in [9.17, 15) is 14.9 Å². The Hall–Kier alpha value is -2.73. The van der Waals surface area contributed by atoms with E-state index in [2.05, 4.69) is 0 Å².